The molecular formula is C6H6N2O3S. The van der Waals surface area contributed by atoms with Crippen LogP contribution >= 0.6 is 11.3 Å². The Balaban J connectivity index is 2.42. The Morgan fingerprint density at radius 1 is 1.67 bits per heavy atom. The van der Waals surface area contributed by atoms with Crippen molar-refractivity contribution in [1.29, 1.82) is 0 Å². The first-order valence-electron chi connectivity index (χ1n) is 3.09. The molecule has 0 bridgehead atoms. The molecule has 0 aliphatic rings. The Kier molecular flexibility index (Phi) is 2.76. The Morgan fingerprint density at radius 2 is 2.42 bits per heavy atom. The number of nitrogens with zero attached hydrogens (tertiary/aromatic N) is 1. The highest BCUT2D eigenvalue weighted by molar-refractivity contribution is 7.13. The lowest BCUT2D eigenvalue weighted by atomic mass is 10.4. The number of rotatable bonds is 3. The first kappa shape index (κ1) is 8.66. The van der Waals surface area contributed by atoms with Gasteiger partial charge >= 0.3 is 5.97 Å². The van der Waals surface area contributed by atoms with E-state index in [1.807, 2.05) is 0 Å². The van der Waals surface area contributed by atoms with Crippen LogP contribution in [0.1, 0.15) is 6.42 Å². The molecule has 12 heavy (non-hydrogen) atoms. The average molecular weight is 186 g/mol. The van der Waals surface area contributed by atoms with E-state index < -0.39 is 18.3 Å². The minimum atomic E-state index is -1.15. The summed E-state index contributed by atoms with van der Waals surface area (Å²) in [6, 6.07) is 0. The van der Waals surface area contributed by atoms with Gasteiger partial charge in [-0.2, -0.15) is 0 Å². The fourth-order valence-electron chi connectivity index (χ4n) is 0.586. The second kappa shape index (κ2) is 3.82. The molecule has 0 fully saturated rings. The van der Waals surface area contributed by atoms with Crippen molar-refractivity contribution >= 4 is 28.3 Å². The highest BCUT2D eigenvalue weighted by Crippen LogP contribution is 2.09. The zero-order chi connectivity index (χ0) is 8.97. The lowest BCUT2D eigenvalue weighted by Gasteiger charge is -1.96. The van der Waals surface area contributed by atoms with Gasteiger partial charge in [-0.05, 0) is 0 Å². The summed E-state index contributed by atoms with van der Waals surface area (Å²) < 4.78 is 0. The van der Waals surface area contributed by atoms with E-state index in [1.54, 1.807) is 5.38 Å². The maximum Gasteiger partial charge on any atom is 0.312 e. The number of hydrogen-bond donors (Lipinski definition) is 2. The van der Waals surface area contributed by atoms with E-state index in [0.717, 1.165) is 0 Å². The number of carbonyl (C=O) groups excluding carboxylic acids is 1. The van der Waals surface area contributed by atoms with E-state index in [1.165, 1.54) is 17.5 Å². The minimum Gasteiger partial charge on any atom is -0.481 e. The molecule has 0 saturated heterocycles. The number of carboxylic acids is 1. The predicted octanol–water partition coefficient (Wildman–Crippen LogP) is 0.556. The molecule has 1 heterocycles. The van der Waals surface area contributed by atoms with Gasteiger partial charge in [-0.25, -0.2) is 4.98 Å². The number of aliphatic carboxylic acids is 1. The summed E-state index contributed by atoms with van der Waals surface area (Å²) in [5.41, 5.74) is 0. The summed E-state index contributed by atoms with van der Waals surface area (Å²) in [6.45, 7) is 0. The van der Waals surface area contributed by atoms with Gasteiger partial charge in [-0.15, -0.1) is 11.3 Å². The van der Waals surface area contributed by atoms with Crippen LogP contribution in [0.5, 0.6) is 0 Å². The molecule has 1 amide bonds. The molecule has 0 spiro atoms. The SMILES string of the molecule is O=C(O)CC(=O)Nc1nccs1. The van der Waals surface area contributed by atoms with Crippen molar-refractivity contribution in [3.8, 4) is 0 Å². The molecule has 1 aromatic heterocycles. The summed E-state index contributed by atoms with van der Waals surface area (Å²) in [4.78, 5) is 24.6. The van der Waals surface area contributed by atoms with Crippen LogP contribution in [-0.2, 0) is 9.59 Å². The molecule has 0 saturated carbocycles. The fraction of sp³-hybridized carbons (Fsp3) is 0.167. The smallest absolute Gasteiger partial charge is 0.312 e. The molecule has 0 aliphatic heterocycles. The van der Waals surface area contributed by atoms with E-state index in [-0.39, 0.29) is 0 Å². The second-order valence-electron chi connectivity index (χ2n) is 1.96. The summed E-state index contributed by atoms with van der Waals surface area (Å²) in [6.07, 6.45) is 1.00. The van der Waals surface area contributed by atoms with Crippen LogP contribution in [0.2, 0.25) is 0 Å². The third-order valence-electron chi connectivity index (χ3n) is 0.990. The molecule has 0 aliphatic carbocycles. The van der Waals surface area contributed by atoms with Crippen LogP contribution in [0, 0.1) is 0 Å². The van der Waals surface area contributed by atoms with Crippen molar-refractivity contribution in [1.82, 2.24) is 4.98 Å². The van der Waals surface area contributed by atoms with Crippen LogP contribution in [0.15, 0.2) is 11.6 Å². The molecular weight excluding hydrogens is 180 g/mol. The van der Waals surface area contributed by atoms with Crippen molar-refractivity contribution < 1.29 is 14.7 Å². The number of anilines is 1. The number of hydrogen-bond acceptors (Lipinski definition) is 4. The van der Waals surface area contributed by atoms with Crippen LogP contribution in [-0.4, -0.2) is 22.0 Å². The van der Waals surface area contributed by atoms with Crippen LogP contribution in [0.3, 0.4) is 0 Å². The molecule has 2 N–H and O–H groups in total. The third kappa shape index (κ3) is 2.67. The fourth-order valence-corrected chi connectivity index (χ4v) is 1.13. The number of carbonyl (C=O) groups is 2. The Morgan fingerprint density at radius 3 is 2.92 bits per heavy atom. The minimum absolute atomic E-state index is 0.418. The van der Waals surface area contributed by atoms with E-state index in [2.05, 4.69) is 10.3 Å². The maximum atomic E-state index is 10.8. The van der Waals surface area contributed by atoms with Gasteiger partial charge in [0.25, 0.3) is 0 Å². The van der Waals surface area contributed by atoms with Gasteiger partial charge in [0, 0.05) is 11.6 Å². The number of thiazole rings is 1. The number of carboxylic acid groups (broad SMARTS) is 1. The zero-order valence-corrected chi connectivity index (χ0v) is 6.80. The first-order valence-corrected chi connectivity index (χ1v) is 3.97. The molecule has 0 unspecified atom stereocenters. The van der Waals surface area contributed by atoms with E-state index in [9.17, 15) is 9.59 Å². The predicted molar refractivity (Wildman–Crippen MR) is 43.0 cm³/mol. The average Bonchev–Trinajstić information content (AvgIpc) is 2.37. The first-order chi connectivity index (χ1) is 5.68. The lowest BCUT2D eigenvalue weighted by Crippen LogP contribution is -2.15. The van der Waals surface area contributed by atoms with Gasteiger partial charge in [0.05, 0.1) is 0 Å². The Hall–Kier alpha value is -1.43. The number of nitrogens with one attached hydrogen (secondary N) is 1. The van der Waals surface area contributed by atoms with Gasteiger partial charge < -0.3 is 10.4 Å². The van der Waals surface area contributed by atoms with E-state index in [0.29, 0.717) is 5.13 Å². The summed E-state index contributed by atoms with van der Waals surface area (Å²) >= 11 is 1.24. The van der Waals surface area contributed by atoms with Gasteiger partial charge in [-0.3, -0.25) is 9.59 Å². The summed E-state index contributed by atoms with van der Waals surface area (Å²) in [5.74, 6) is -1.71. The maximum absolute atomic E-state index is 10.8. The standard InChI is InChI=1S/C6H6N2O3S/c9-4(3-5(10)11)8-6-7-1-2-12-6/h1-2H,3H2,(H,10,11)(H,7,8,9). The van der Waals surface area contributed by atoms with Crippen LogP contribution in [0.4, 0.5) is 5.13 Å². The monoisotopic (exact) mass is 186 g/mol. The van der Waals surface area contributed by atoms with Crippen molar-refractivity contribution in [3.63, 3.8) is 0 Å². The molecule has 6 heteroatoms. The van der Waals surface area contributed by atoms with E-state index >= 15 is 0 Å². The van der Waals surface area contributed by atoms with Crippen molar-refractivity contribution in [3.05, 3.63) is 11.6 Å². The normalized spacial score (nSPS) is 9.33. The van der Waals surface area contributed by atoms with Gasteiger partial charge in [0.2, 0.25) is 5.91 Å². The number of aromatic nitrogens is 1. The summed E-state index contributed by atoms with van der Waals surface area (Å²) in [7, 11) is 0. The molecule has 5 nitrogen and oxygen atoms in total. The lowest BCUT2D eigenvalue weighted by molar-refractivity contribution is -0.139. The zero-order valence-electron chi connectivity index (χ0n) is 5.98. The molecule has 0 aromatic carbocycles. The van der Waals surface area contributed by atoms with Crippen molar-refractivity contribution in [2.75, 3.05) is 5.32 Å². The highest BCUT2D eigenvalue weighted by atomic mass is 32.1. The number of amides is 1. The van der Waals surface area contributed by atoms with Crippen LogP contribution < -0.4 is 5.32 Å². The van der Waals surface area contributed by atoms with Crippen molar-refractivity contribution in [2.45, 2.75) is 6.42 Å². The highest BCUT2D eigenvalue weighted by Gasteiger charge is 2.07. The Bertz CT molecular complexity index is 283. The summed E-state index contributed by atoms with van der Waals surface area (Å²) in [5, 5.41) is 12.7. The molecule has 1 rings (SSSR count). The van der Waals surface area contributed by atoms with Gasteiger partial charge in [-0.1, -0.05) is 0 Å². The van der Waals surface area contributed by atoms with Gasteiger partial charge in [0.15, 0.2) is 5.13 Å². The molecule has 0 radical (unpaired) electrons. The molecule has 1 aromatic rings. The quantitative estimate of drug-likeness (QED) is 0.676. The molecule has 0 atom stereocenters. The Labute approximate surface area is 72.1 Å². The van der Waals surface area contributed by atoms with E-state index in [4.69, 9.17) is 5.11 Å². The van der Waals surface area contributed by atoms with Gasteiger partial charge in [0.1, 0.15) is 6.42 Å². The third-order valence-corrected chi connectivity index (χ3v) is 1.68. The van der Waals surface area contributed by atoms with Crippen molar-refractivity contribution in [2.24, 2.45) is 0 Å². The second-order valence-corrected chi connectivity index (χ2v) is 2.85. The topological polar surface area (TPSA) is 79.3 Å². The largest absolute Gasteiger partial charge is 0.481 e. The molecule has 64 valence electrons. The van der Waals surface area contributed by atoms with Crippen LogP contribution in [0.25, 0.3) is 0 Å².